The molecule has 0 spiro atoms. The van der Waals surface area contributed by atoms with Crippen molar-refractivity contribution in [3.63, 3.8) is 0 Å². The summed E-state index contributed by atoms with van der Waals surface area (Å²) in [5.74, 6) is -3.49. The van der Waals surface area contributed by atoms with E-state index < -0.39 is 17.9 Å². The lowest BCUT2D eigenvalue weighted by Crippen LogP contribution is -2.52. The van der Waals surface area contributed by atoms with E-state index in [2.05, 4.69) is 5.32 Å². The minimum Gasteiger partial charge on any atom is -0.489 e. The molecule has 4 rings (SSSR count). The average Bonchev–Trinajstić information content (AvgIpc) is 3.03. The van der Waals surface area contributed by atoms with Gasteiger partial charge in [-0.3, -0.25) is 19.7 Å². The minimum absolute atomic E-state index is 0.0719. The van der Waals surface area contributed by atoms with Crippen molar-refractivity contribution >= 4 is 17.7 Å². The molecule has 30 heavy (non-hydrogen) atoms. The normalized spacial score (nSPS) is 19.0. The molecule has 1 saturated heterocycles. The number of imide groups is 1. The van der Waals surface area contributed by atoms with E-state index in [9.17, 15) is 23.2 Å². The number of fused-ring (bicyclic) bond motifs is 1. The molecule has 2 aliphatic heterocycles. The number of piperidine rings is 1. The Hall–Kier alpha value is -3.29. The van der Waals surface area contributed by atoms with Gasteiger partial charge in [-0.1, -0.05) is 30.3 Å². The molecule has 1 N–H and O–H groups in total. The molecule has 156 valence electrons. The van der Waals surface area contributed by atoms with Gasteiger partial charge in [0.25, 0.3) is 11.8 Å². The van der Waals surface area contributed by atoms with E-state index >= 15 is 0 Å². The maximum atomic E-state index is 13.3. The van der Waals surface area contributed by atoms with Gasteiger partial charge in [-0.25, -0.2) is 8.78 Å². The Morgan fingerprint density at radius 1 is 1.13 bits per heavy atom. The smallest absolute Gasteiger partial charge is 0.270 e. The molecule has 0 aliphatic carbocycles. The van der Waals surface area contributed by atoms with Crippen molar-refractivity contribution in [1.82, 2.24) is 10.2 Å². The van der Waals surface area contributed by atoms with E-state index in [1.54, 1.807) is 30.3 Å². The van der Waals surface area contributed by atoms with Crippen molar-refractivity contribution in [3.05, 3.63) is 64.7 Å². The summed E-state index contributed by atoms with van der Waals surface area (Å²) in [6.07, 6.45) is 0.474. The Bertz CT molecular complexity index is 1010. The first-order chi connectivity index (χ1) is 14.2. The second kappa shape index (κ2) is 7.51. The van der Waals surface area contributed by atoms with Gasteiger partial charge in [0.15, 0.2) is 0 Å². The number of halogens is 2. The largest absolute Gasteiger partial charge is 0.489 e. The average molecular weight is 414 g/mol. The SMILES string of the molecule is CC(F)(F)c1ccc(COc2cccc3c2CN(C2CCC(=O)NC2=O)C3=O)cc1. The van der Waals surface area contributed by atoms with Crippen molar-refractivity contribution in [1.29, 1.82) is 0 Å². The van der Waals surface area contributed by atoms with Crippen molar-refractivity contribution in [2.45, 2.75) is 44.9 Å². The zero-order valence-electron chi connectivity index (χ0n) is 16.3. The highest BCUT2D eigenvalue weighted by Gasteiger charge is 2.40. The third-order valence-electron chi connectivity index (χ3n) is 5.39. The molecular weight excluding hydrogens is 394 g/mol. The van der Waals surface area contributed by atoms with Crippen molar-refractivity contribution < 1.29 is 27.9 Å². The van der Waals surface area contributed by atoms with Crippen molar-refractivity contribution in [2.75, 3.05) is 0 Å². The lowest BCUT2D eigenvalue weighted by Gasteiger charge is -2.29. The van der Waals surface area contributed by atoms with Crippen LogP contribution in [0.25, 0.3) is 0 Å². The first kappa shape index (κ1) is 20.0. The lowest BCUT2D eigenvalue weighted by atomic mass is 10.0. The fourth-order valence-electron chi connectivity index (χ4n) is 3.75. The van der Waals surface area contributed by atoms with E-state index in [1.165, 1.54) is 17.0 Å². The van der Waals surface area contributed by atoms with Crippen LogP contribution in [-0.4, -0.2) is 28.7 Å². The first-order valence-electron chi connectivity index (χ1n) is 9.60. The Balaban J connectivity index is 1.49. The minimum atomic E-state index is -2.90. The van der Waals surface area contributed by atoms with Gasteiger partial charge in [0.05, 0.1) is 6.54 Å². The Kier molecular flexibility index (Phi) is 5.01. The number of nitrogens with zero attached hydrogens (tertiary/aromatic N) is 1. The van der Waals surface area contributed by atoms with Crippen LogP contribution in [-0.2, 0) is 28.7 Å². The molecule has 1 fully saturated rings. The molecule has 1 atom stereocenters. The third-order valence-corrected chi connectivity index (χ3v) is 5.39. The zero-order chi connectivity index (χ0) is 21.5. The van der Waals surface area contributed by atoms with Crippen LogP contribution < -0.4 is 10.1 Å². The second-order valence-corrected chi connectivity index (χ2v) is 7.56. The molecule has 0 bridgehead atoms. The molecule has 1 unspecified atom stereocenters. The molecule has 3 amide bonds. The summed E-state index contributed by atoms with van der Waals surface area (Å²) in [6.45, 7) is 1.20. The van der Waals surface area contributed by atoms with Crippen molar-refractivity contribution in [3.8, 4) is 5.75 Å². The molecule has 0 saturated carbocycles. The van der Waals surface area contributed by atoms with E-state index in [1.807, 2.05) is 0 Å². The predicted molar refractivity (Wildman–Crippen MR) is 103 cm³/mol. The fraction of sp³-hybridized carbons (Fsp3) is 0.318. The molecule has 2 aromatic carbocycles. The second-order valence-electron chi connectivity index (χ2n) is 7.56. The van der Waals surface area contributed by atoms with Gasteiger partial charge < -0.3 is 9.64 Å². The molecular formula is C22H20F2N2O4. The van der Waals surface area contributed by atoms with Gasteiger partial charge in [-0.05, 0) is 24.1 Å². The highest BCUT2D eigenvalue weighted by Crippen LogP contribution is 2.34. The van der Waals surface area contributed by atoms with E-state index in [-0.39, 0.29) is 43.4 Å². The van der Waals surface area contributed by atoms with Crippen LogP contribution in [0.3, 0.4) is 0 Å². The fourth-order valence-corrected chi connectivity index (χ4v) is 3.75. The van der Waals surface area contributed by atoms with Crippen LogP contribution in [0.15, 0.2) is 42.5 Å². The van der Waals surface area contributed by atoms with Gasteiger partial charge in [0.1, 0.15) is 18.4 Å². The Morgan fingerprint density at radius 3 is 2.53 bits per heavy atom. The standard InChI is InChI=1S/C22H20F2N2O4/c1-22(23,24)14-7-5-13(6-8-14)12-30-18-4-2-3-15-16(18)11-26(21(15)29)17-9-10-19(27)25-20(17)28/h2-8,17H,9-12H2,1H3,(H,25,27,28). The van der Waals surface area contributed by atoms with Crippen LogP contribution >= 0.6 is 0 Å². The maximum absolute atomic E-state index is 13.3. The molecule has 0 radical (unpaired) electrons. The molecule has 2 aromatic rings. The van der Waals surface area contributed by atoms with E-state index in [0.717, 1.165) is 6.92 Å². The summed E-state index contributed by atoms with van der Waals surface area (Å²) < 4.78 is 32.6. The quantitative estimate of drug-likeness (QED) is 0.763. The van der Waals surface area contributed by atoms with Crippen molar-refractivity contribution in [2.24, 2.45) is 0 Å². The number of carbonyl (C=O) groups is 3. The molecule has 6 nitrogen and oxygen atoms in total. The van der Waals surface area contributed by atoms with Gasteiger partial charge >= 0.3 is 0 Å². The van der Waals surface area contributed by atoms with Crippen LogP contribution in [0.1, 0.15) is 46.8 Å². The van der Waals surface area contributed by atoms with Crippen LogP contribution in [0.4, 0.5) is 8.78 Å². The number of rotatable bonds is 5. The number of hydrogen-bond donors (Lipinski definition) is 1. The maximum Gasteiger partial charge on any atom is 0.270 e. The third kappa shape index (κ3) is 3.77. The van der Waals surface area contributed by atoms with Gasteiger partial charge in [0.2, 0.25) is 11.8 Å². The number of benzene rings is 2. The summed E-state index contributed by atoms with van der Waals surface area (Å²) in [5, 5.41) is 2.27. The topological polar surface area (TPSA) is 75.7 Å². The van der Waals surface area contributed by atoms with Gasteiger partial charge in [-0.15, -0.1) is 0 Å². The number of carbonyl (C=O) groups excluding carboxylic acids is 3. The number of ether oxygens (including phenoxy) is 1. The Morgan fingerprint density at radius 2 is 1.87 bits per heavy atom. The summed E-state index contributed by atoms with van der Waals surface area (Å²) in [4.78, 5) is 37.8. The van der Waals surface area contributed by atoms with Crippen LogP contribution in [0, 0.1) is 0 Å². The summed E-state index contributed by atoms with van der Waals surface area (Å²) in [7, 11) is 0. The number of amides is 3. The predicted octanol–water partition coefficient (Wildman–Crippen LogP) is 3.14. The Labute approximate surface area is 171 Å². The summed E-state index contributed by atoms with van der Waals surface area (Å²) in [5.41, 5.74) is 1.77. The number of hydrogen-bond acceptors (Lipinski definition) is 4. The van der Waals surface area contributed by atoms with E-state index in [4.69, 9.17) is 4.74 Å². The zero-order valence-corrected chi connectivity index (χ0v) is 16.3. The molecule has 0 aromatic heterocycles. The first-order valence-corrected chi connectivity index (χ1v) is 9.60. The lowest BCUT2D eigenvalue weighted by molar-refractivity contribution is -0.136. The van der Waals surface area contributed by atoms with E-state index in [0.29, 0.717) is 22.4 Å². The monoisotopic (exact) mass is 414 g/mol. The van der Waals surface area contributed by atoms with Crippen LogP contribution in [0.5, 0.6) is 5.75 Å². The number of alkyl halides is 2. The van der Waals surface area contributed by atoms with Crippen LogP contribution in [0.2, 0.25) is 0 Å². The highest BCUT2D eigenvalue weighted by atomic mass is 19.3. The molecule has 8 heteroatoms. The molecule has 2 heterocycles. The van der Waals surface area contributed by atoms with Gasteiger partial charge in [0, 0.05) is 30.0 Å². The van der Waals surface area contributed by atoms with Gasteiger partial charge in [-0.2, -0.15) is 0 Å². The summed E-state index contributed by atoms with van der Waals surface area (Å²) >= 11 is 0. The number of nitrogens with one attached hydrogen (secondary N) is 1. The highest BCUT2D eigenvalue weighted by molar-refractivity contribution is 6.05. The molecule has 2 aliphatic rings. The summed E-state index contributed by atoms with van der Waals surface area (Å²) in [6, 6.07) is 10.3.